The molecule has 2 nitrogen and oxygen atoms in total. The van der Waals surface area contributed by atoms with Gasteiger partial charge in [0, 0.05) is 28.9 Å². The molecule has 0 spiro atoms. The highest BCUT2D eigenvalue weighted by atomic mass is 32.2. The molecule has 2 rings (SSSR count). The molecule has 1 atom stereocenters. The van der Waals surface area contributed by atoms with Crippen LogP contribution in [0.5, 0.6) is 0 Å². The first-order valence-corrected chi connectivity index (χ1v) is 8.86. The summed E-state index contributed by atoms with van der Waals surface area (Å²) < 4.78 is 0. The molecule has 0 aromatic rings. The van der Waals surface area contributed by atoms with Gasteiger partial charge in [-0.05, 0) is 58.1 Å². The standard InChI is InChI=1S/C16H32N2S/c1-14(2)7-13(10-19-11-14)17-12-8-15(3,4)18-16(5,6)9-12/h12-13,17-18H,7-11H2,1-6H3. The van der Waals surface area contributed by atoms with E-state index in [1.54, 1.807) is 0 Å². The second-order valence-electron chi connectivity index (χ2n) is 8.74. The van der Waals surface area contributed by atoms with E-state index in [0.29, 0.717) is 17.5 Å². The van der Waals surface area contributed by atoms with E-state index in [1.165, 1.54) is 30.8 Å². The minimum absolute atomic E-state index is 0.247. The van der Waals surface area contributed by atoms with Crippen LogP contribution in [-0.2, 0) is 0 Å². The van der Waals surface area contributed by atoms with E-state index in [4.69, 9.17) is 0 Å². The Morgan fingerprint density at radius 2 is 1.47 bits per heavy atom. The molecule has 2 N–H and O–H groups in total. The second kappa shape index (κ2) is 5.23. The Kier molecular flexibility index (Phi) is 4.31. The van der Waals surface area contributed by atoms with Gasteiger partial charge in [0.05, 0.1) is 0 Å². The summed E-state index contributed by atoms with van der Waals surface area (Å²) in [6, 6.07) is 1.36. The van der Waals surface area contributed by atoms with Crippen LogP contribution in [0.15, 0.2) is 0 Å². The highest BCUT2D eigenvalue weighted by Gasteiger charge is 2.39. The first kappa shape index (κ1) is 15.7. The fraction of sp³-hybridized carbons (Fsp3) is 1.00. The Bertz CT molecular complexity index is 307. The molecule has 112 valence electrons. The average molecular weight is 285 g/mol. The summed E-state index contributed by atoms with van der Waals surface area (Å²) in [5, 5.41) is 7.73. The zero-order valence-corrected chi connectivity index (χ0v) is 14.4. The van der Waals surface area contributed by atoms with Crippen LogP contribution in [0, 0.1) is 5.41 Å². The normalized spacial score (nSPS) is 34.1. The molecule has 0 bridgehead atoms. The Hall–Kier alpha value is 0.270. The van der Waals surface area contributed by atoms with Crippen molar-refractivity contribution in [1.82, 2.24) is 10.6 Å². The Labute approximate surface area is 123 Å². The lowest BCUT2D eigenvalue weighted by atomic mass is 9.79. The zero-order chi connectivity index (χ0) is 14.3. The van der Waals surface area contributed by atoms with Crippen molar-refractivity contribution in [1.29, 1.82) is 0 Å². The summed E-state index contributed by atoms with van der Waals surface area (Å²) in [6.45, 7) is 14.2. The van der Waals surface area contributed by atoms with E-state index < -0.39 is 0 Å². The van der Waals surface area contributed by atoms with Crippen molar-refractivity contribution in [3.05, 3.63) is 0 Å². The lowest BCUT2D eigenvalue weighted by Gasteiger charge is -2.48. The van der Waals surface area contributed by atoms with E-state index in [-0.39, 0.29) is 11.1 Å². The molecule has 0 aliphatic carbocycles. The van der Waals surface area contributed by atoms with Gasteiger partial charge in [0.25, 0.3) is 0 Å². The Balaban J connectivity index is 1.95. The van der Waals surface area contributed by atoms with Gasteiger partial charge >= 0.3 is 0 Å². The van der Waals surface area contributed by atoms with Crippen LogP contribution in [0.4, 0.5) is 0 Å². The molecule has 2 aliphatic heterocycles. The quantitative estimate of drug-likeness (QED) is 0.812. The summed E-state index contributed by atoms with van der Waals surface area (Å²) in [6.07, 6.45) is 3.79. The van der Waals surface area contributed by atoms with Crippen molar-refractivity contribution in [2.24, 2.45) is 5.41 Å². The molecule has 2 saturated heterocycles. The van der Waals surface area contributed by atoms with Crippen LogP contribution in [0.3, 0.4) is 0 Å². The van der Waals surface area contributed by atoms with Gasteiger partial charge in [-0.25, -0.2) is 0 Å². The highest BCUT2D eigenvalue weighted by molar-refractivity contribution is 7.99. The summed E-state index contributed by atoms with van der Waals surface area (Å²) in [4.78, 5) is 0. The van der Waals surface area contributed by atoms with Crippen molar-refractivity contribution in [3.63, 3.8) is 0 Å². The van der Waals surface area contributed by atoms with Crippen molar-refractivity contribution in [2.75, 3.05) is 11.5 Å². The Morgan fingerprint density at radius 1 is 0.895 bits per heavy atom. The maximum Gasteiger partial charge on any atom is 0.0166 e. The van der Waals surface area contributed by atoms with Crippen molar-refractivity contribution in [3.8, 4) is 0 Å². The number of rotatable bonds is 2. The van der Waals surface area contributed by atoms with Crippen LogP contribution in [0.25, 0.3) is 0 Å². The number of nitrogens with one attached hydrogen (secondary N) is 2. The molecule has 0 aromatic carbocycles. The third-order valence-electron chi connectivity index (χ3n) is 4.27. The van der Waals surface area contributed by atoms with Gasteiger partial charge < -0.3 is 10.6 Å². The van der Waals surface area contributed by atoms with Gasteiger partial charge in [0.2, 0.25) is 0 Å². The smallest absolute Gasteiger partial charge is 0.0166 e. The van der Waals surface area contributed by atoms with Crippen molar-refractivity contribution in [2.45, 2.75) is 84.0 Å². The lowest BCUT2D eigenvalue weighted by Crippen LogP contribution is -2.63. The van der Waals surface area contributed by atoms with Gasteiger partial charge in [0.15, 0.2) is 0 Å². The SMILES string of the molecule is CC1(C)CSCC(NC2CC(C)(C)NC(C)(C)C2)C1. The van der Waals surface area contributed by atoms with Gasteiger partial charge in [-0.2, -0.15) is 11.8 Å². The molecule has 3 heteroatoms. The maximum absolute atomic E-state index is 3.96. The van der Waals surface area contributed by atoms with E-state index >= 15 is 0 Å². The van der Waals surface area contributed by atoms with Crippen LogP contribution in [-0.4, -0.2) is 34.7 Å². The van der Waals surface area contributed by atoms with Gasteiger partial charge in [-0.1, -0.05) is 13.8 Å². The third kappa shape index (κ3) is 4.64. The first-order chi connectivity index (χ1) is 8.57. The van der Waals surface area contributed by atoms with E-state index in [0.717, 1.165) is 0 Å². The van der Waals surface area contributed by atoms with Crippen molar-refractivity contribution < 1.29 is 0 Å². The highest BCUT2D eigenvalue weighted by Crippen LogP contribution is 2.35. The number of thioether (sulfide) groups is 1. The minimum atomic E-state index is 0.247. The molecular weight excluding hydrogens is 252 g/mol. The third-order valence-corrected chi connectivity index (χ3v) is 5.90. The predicted molar refractivity (Wildman–Crippen MR) is 87.0 cm³/mol. The molecule has 0 aromatic heterocycles. The maximum atomic E-state index is 3.96. The van der Waals surface area contributed by atoms with E-state index in [2.05, 4.69) is 63.9 Å². The topological polar surface area (TPSA) is 24.1 Å². The number of hydrogen-bond donors (Lipinski definition) is 2. The fourth-order valence-electron chi connectivity index (χ4n) is 4.14. The van der Waals surface area contributed by atoms with E-state index in [9.17, 15) is 0 Å². The molecular formula is C16H32N2S. The molecule has 2 aliphatic rings. The van der Waals surface area contributed by atoms with E-state index in [1.807, 2.05) is 0 Å². The largest absolute Gasteiger partial charge is 0.310 e. The first-order valence-electron chi connectivity index (χ1n) is 7.70. The molecule has 2 heterocycles. The molecule has 19 heavy (non-hydrogen) atoms. The zero-order valence-electron chi connectivity index (χ0n) is 13.6. The van der Waals surface area contributed by atoms with Gasteiger partial charge in [-0.3, -0.25) is 0 Å². The molecule has 0 radical (unpaired) electrons. The molecule has 0 saturated carbocycles. The molecule has 1 unspecified atom stereocenters. The molecule has 2 fully saturated rings. The monoisotopic (exact) mass is 284 g/mol. The Morgan fingerprint density at radius 3 is 2.00 bits per heavy atom. The number of piperidine rings is 1. The second-order valence-corrected chi connectivity index (χ2v) is 9.78. The number of hydrogen-bond acceptors (Lipinski definition) is 3. The van der Waals surface area contributed by atoms with Gasteiger partial charge in [-0.15, -0.1) is 0 Å². The van der Waals surface area contributed by atoms with Gasteiger partial charge in [0.1, 0.15) is 0 Å². The average Bonchev–Trinajstić information content (AvgIpc) is 2.09. The molecule has 0 amide bonds. The van der Waals surface area contributed by atoms with Crippen LogP contribution in [0.2, 0.25) is 0 Å². The predicted octanol–water partition coefficient (Wildman–Crippen LogP) is 3.42. The minimum Gasteiger partial charge on any atom is -0.310 e. The summed E-state index contributed by atoms with van der Waals surface area (Å²) in [5.74, 6) is 2.60. The van der Waals surface area contributed by atoms with Crippen LogP contribution >= 0.6 is 11.8 Å². The summed E-state index contributed by atoms with van der Waals surface area (Å²) in [7, 11) is 0. The summed E-state index contributed by atoms with van der Waals surface area (Å²) >= 11 is 2.12. The van der Waals surface area contributed by atoms with Crippen LogP contribution in [0.1, 0.15) is 60.8 Å². The fourth-order valence-corrected chi connectivity index (χ4v) is 5.43. The summed E-state index contributed by atoms with van der Waals surface area (Å²) in [5.41, 5.74) is 0.992. The van der Waals surface area contributed by atoms with Crippen LogP contribution < -0.4 is 10.6 Å². The lowest BCUT2D eigenvalue weighted by molar-refractivity contribution is 0.136. The van der Waals surface area contributed by atoms with Crippen molar-refractivity contribution >= 4 is 11.8 Å².